The summed E-state index contributed by atoms with van der Waals surface area (Å²) in [7, 11) is 1.91. The minimum absolute atomic E-state index is 0.0230. The van der Waals surface area contributed by atoms with Crippen molar-refractivity contribution in [1.29, 1.82) is 0 Å². The minimum atomic E-state index is 0.0230. The van der Waals surface area contributed by atoms with Gasteiger partial charge in [-0.3, -0.25) is 14.9 Å². The van der Waals surface area contributed by atoms with E-state index >= 15 is 0 Å². The van der Waals surface area contributed by atoms with Crippen LogP contribution in [0.1, 0.15) is 50.1 Å². The van der Waals surface area contributed by atoms with Crippen LogP contribution in [0.5, 0.6) is 0 Å². The Hall–Kier alpha value is -1.56. The predicted molar refractivity (Wildman–Crippen MR) is 89.6 cm³/mol. The van der Waals surface area contributed by atoms with Crippen molar-refractivity contribution in [2.24, 2.45) is 7.05 Å². The van der Waals surface area contributed by atoms with Gasteiger partial charge >= 0.3 is 6.03 Å². The van der Waals surface area contributed by atoms with Gasteiger partial charge in [-0.2, -0.15) is 5.10 Å². The molecule has 1 aromatic heterocycles. The molecule has 1 saturated carbocycles. The molecule has 1 aliphatic carbocycles. The smallest absolute Gasteiger partial charge is 0.323 e. The van der Waals surface area contributed by atoms with Crippen molar-refractivity contribution in [3.8, 4) is 0 Å². The van der Waals surface area contributed by atoms with Gasteiger partial charge in [0.25, 0.3) is 0 Å². The Morgan fingerprint density at radius 3 is 2.65 bits per heavy atom. The van der Waals surface area contributed by atoms with E-state index in [0.29, 0.717) is 12.0 Å². The summed E-state index contributed by atoms with van der Waals surface area (Å²) in [6, 6.07) is 2.63. The van der Waals surface area contributed by atoms with E-state index in [1.807, 2.05) is 11.9 Å². The summed E-state index contributed by atoms with van der Waals surface area (Å²) in [5.41, 5.74) is 1.13. The number of amides is 2. The van der Waals surface area contributed by atoms with Crippen molar-refractivity contribution in [2.45, 2.75) is 50.5 Å². The molecule has 3 heterocycles. The number of carbonyl (C=O) groups excluding carboxylic acids is 1. The lowest BCUT2D eigenvalue weighted by atomic mass is 9.83. The molecule has 2 aliphatic heterocycles. The third-order valence-electron chi connectivity index (χ3n) is 5.76. The number of urea groups is 1. The van der Waals surface area contributed by atoms with E-state index in [9.17, 15) is 4.79 Å². The second kappa shape index (κ2) is 6.15. The summed E-state index contributed by atoms with van der Waals surface area (Å²) in [6.07, 6.45) is 7.48. The van der Waals surface area contributed by atoms with E-state index in [4.69, 9.17) is 0 Å². The molecule has 126 valence electrons. The van der Waals surface area contributed by atoms with Crippen molar-refractivity contribution in [2.75, 3.05) is 31.5 Å². The van der Waals surface area contributed by atoms with Gasteiger partial charge in [0.15, 0.2) is 0 Å². The quantitative estimate of drug-likeness (QED) is 0.931. The van der Waals surface area contributed by atoms with Crippen molar-refractivity contribution < 1.29 is 4.79 Å². The van der Waals surface area contributed by atoms with Crippen molar-refractivity contribution in [3.63, 3.8) is 0 Å². The second-order valence-electron chi connectivity index (χ2n) is 7.27. The molecule has 2 amide bonds. The normalized spacial score (nSPS) is 25.8. The topological polar surface area (TPSA) is 53.4 Å². The Bertz CT molecular complexity index is 574. The highest BCUT2D eigenvalue weighted by Crippen LogP contribution is 2.36. The summed E-state index contributed by atoms with van der Waals surface area (Å²) < 4.78 is 1.81. The first-order valence-corrected chi connectivity index (χ1v) is 9.04. The lowest BCUT2D eigenvalue weighted by Crippen LogP contribution is -2.38. The van der Waals surface area contributed by atoms with Gasteiger partial charge < -0.3 is 4.90 Å². The maximum atomic E-state index is 12.5. The Kier molecular flexibility index (Phi) is 4.01. The summed E-state index contributed by atoms with van der Waals surface area (Å²) in [6.45, 7) is 4.12. The monoisotopic (exact) mass is 317 g/mol. The standard InChI is InChI=1S/C17H27N5O/c1-20-16(11-15(19-20)13-5-4-6-13)18-17(23)22-10-7-14(12-22)21-8-2-3-9-21/h11,13-14H,2-10,12H2,1H3,(H,18,23). The van der Waals surface area contributed by atoms with Gasteiger partial charge in [0.1, 0.15) is 5.82 Å². The number of aryl methyl sites for hydroxylation is 1. The number of aromatic nitrogens is 2. The third-order valence-corrected chi connectivity index (χ3v) is 5.76. The van der Waals surface area contributed by atoms with Crippen LogP contribution >= 0.6 is 0 Å². The predicted octanol–water partition coefficient (Wildman–Crippen LogP) is 2.39. The minimum Gasteiger partial charge on any atom is -0.323 e. The number of likely N-dealkylation sites (tertiary alicyclic amines) is 2. The largest absolute Gasteiger partial charge is 0.323 e. The highest BCUT2D eigenvalue weighted by Gasteiger charge is 2.32. The zero-order valence-corrected chi connectivity index (χ0v) is 14.0. The van der Waals surface area contributed by atoms with Crippen LogP contribution in [-0.4, -0.2) is 57.8 Å². The lowest BCUT2D eigenvalue weighted by Gasteiger charge is -2.23. The number of anilines is 1. The van der Waals surface area contributed by atoms with Crippen LogP contribution < -0.4 is 5.32 Å². The van der Waals surface area contributed by atoms with Gasteiger partial charge in [0.2, 0.25) is 0 Å². The average molecular weight is 317 g/mol. The SMILES string of the molecule is Cn1nc(C2CCC2)cc1NC(=O)N1CCC(N2CCCC2)C1. The number of rotatable bonds is 3. The number of hydrogen-bond acceptors (Lipinski definition) is 3. The Morgan fingerprint density at radius 1 is 1.17 bits per heavy atom. The van der Waals surface area contributed by atoms with Gasteiger partial charge in [-0.05, 0) is 45.2 Å². The van der Waals surface area contributed by atoms with Gasteiger partial charge in [0.05, 0.1) is 5.69 Å². The van der Waals surface area contributed by atoms with E-state index in [1.165, 1.54) is 45.2 Å². The highest BCUT2D eigenvalue weighted by atomic mass is 16.2. The van der Waals surface area contributed by atoms with Crippen LogP contribution in [0.4, 0.5) is 10.6 Å². The molecule has 0 bridgehead atoms. The van der Waals surface area contributed by atoms with E-state index in [0.717, 1.165) is 31.0 Å². The molecule has 4 rings (SSSR count). The maximum Gasteiger partial charge on any atom is 0.323 e. The Balaban J connectivity index is 1.35. The Morgan fingerprint density at radius 2 is 1.96 bits per heavy atom. The second-order valence-corrected chi connectivity index (χ2v) is 7.27. The summed E-state index contributed by atoms with van der Waals surface area (Å²) >= 11 is 0. The number of hydrogen-bond donors (Lipinski definition) is 1. The molecular formula is C17H27N5O. The van der Waals surface area contributed by atoms with Crippen molar-refractivity contribution in [3.05, 3.63) is 11.8 Å². The van der Waals surface area contributed by atoms with Gasteiger partial charge in [0, 0.05) is 38.2 Å². The van der Waals surface area contributed by atoms with Crippen LogP contribution in [0.25, 0.3) is 0 Å². The molecule has 0 radical (unpaired) electrons. The first-order chi connectivity index (χ1) is 11.2. The highest BCUT2D eigenvalue weighted by molar-refractivity contribution is 5.88. The molecule has 0 spiro atoms. The van der Waals surface area contributed by atoms with Crippen LogP contribution in [-0.2, 0) is 7.05 Å². The summed E-state index contributed by atoms with van der Waals surface area (Å²) in [5, 5.41) is 7.62. The molecule has 6 heteroatoms. The molecule has 3 fully saturated rings. The number of nitrogens with zero attached hydrogens (tertiary/aromatic N) is 4. The molecule has 1 N–H and O–H groups in total. The van der Waals surface area contributed by atoms with Crippen LogP contribution in [0.15, 0.2) is 6.07 Å². The third kappa shape index (κ3) is 2.96. The van der Waals surface area contributed by atoms with E-state index < -0.39 is 0 Å². The van der Waals surface area contributed by atoms with Gasteiger partial charge in [-0.25, -0.2) is 4.79 Å². The van der Waals surface area contributed by atoms with Crippen LogP contribution in [0, 0.1) is 0 Å². The molecule has 3 aliphatic rings. The average Bonchev–Trinajstić information content (AvgIpc) is 3.18. The fraction of sp³-hybridized carbons (Fsp3) is 0.765. The first-order valence-electron chi connectivity index (χ1n) is 9.04. The molecule has 0 aromatic carbocycles. The zero-order chi connectivity index (χ0) is 15.8. The zero-order valence-electron chi connectivity index (χ0n) is 14.0. The fourth-order valence-corrected chi connectivity index (χ4v) is 4.03. The summed E-state index contributed by atoms with van der Waals surface area (Å²) in [4.78, 5) is 17.1. The molecule has 6 nitrogen and oxygen atoms in total. The summed E-state index contributed by atoms with van der Waals surface area (Å²) in [5.74, 6) is 1.42. The van der Waals surface area contributed by atoms with Crippen LogP contribution in [0.2, 0.25) is 0 Å². The molecule has 1 unspecified atom stereocenters. The van der Waals surface area contributed by atoms with Gasteiger partial charge in [-0.1, -0.05) is 6.42 Å². The van der Waals surface area contributed by atoms with E-state index in [2.05, 4.69) is 21.4 Å². The first kappa shape index (κ1) is 15.0. The van der Waals surface area contributed by atoms with Gasteiger partial charge in [-0.15, -0.1) is 0 Å². The van der Waals surface area contributed by atoms with Crippen molar-refractivity contribution in [1.82, 2.24) is 19.6 Å². The molecular weight excluding hydrogens is 290 g/mol. The maximum absolute atomic E-state index is 12.5. The van der Waals surface area contributed by atoms with E-state index in [-0.39, 0.29) is 6.03 Å². The molecule has 2 saturated heterocycles. The fourth-order valence-electron chi connectivity index (χ4n) is 4.03. The molecule has 1 aromatic rings. The molecule has 23 heavy (non-hydrogen) atoms. The lowest BCUT2D eigenvalue weighted by molar-refractivity contribution is 0.210. The molecule has 1 atom stereocenters. The number of carbonyl (C=O) groups is 1. The van der Waals surface area contributed by atoms with E-state index in [1.54, 1.807) is 4.68 Å². The van der Waals surface area contributed by atoms with Crippen molar-refractivity contribution >= 4 is 11.8 Å². The Labute approximate surface area is 137 Å². The number of nitrogens with one attached hydrogen (secondary N) is 1. The van der Waals surface area contributed by atoms with Crippen LogP contribution in [0.3, 0.4) is 0 Å².